The predicted molar refractivity (Wildman–Crippen MR) is 91.7 cm³/mol. The Morgan fingerprint density at radius 3 is 2.50 bits per heavy atom. The van der Waals surface area contributed by atoms with Crippen molar-refractivity contribution in [2.24, 2.45) is 5.11 Å². The van der Waals surface area contributed by atoms with Crippen molar-refractivity contribution in [1.82, 2.24) is 9.55 Å². The highest BCUT2D eigenvalue weighted by Crippen LogP contribution is 2.33. The molecule has 0 saturated heterocycles. The molecule has 3 rings (SSSR count). The second-order valence-electron chi connectivity index (χ2n) is 5.32. The quantitative estimate of drug-likeness (QED) is 0.271. The third kappa shape index (κ3) is 3.45. The SMILES string of the molecule is [N-]=[N+]=NCCCn1ccc(-c2ccc(F)cc2)c1-c1ccncc1. The molecule has 2 heterocycles. The van der Waals surface area contributed by atoms with E-state index >= 15 is 0 Å². The molecule has 0 radical (unpaired) electrons. The zero-order valence-corrected chi connectivity index (χ0v) is 13.0. The van der Waals surface area contributed by atoms with Crippen LogP contribution in [-0.4, -0.2) is 16.1 Å². The van der Waals surface area contributed by atoms with Gasteiger partial charge >= 0.3 is 0 Å². The maximum Gasteiger partial charge on any atom is 0.123 e. The Labute approximate surface area is 139 Å². The molecule has 0 spiro atoms. The molecule has 120 valence electrons. The Morgan fingerprint density at radius 1 is 1.04 bits per heavy atom. The molecule has 0 aliphatic heterocycles. The van der Waals surface area contributed by atoms with Gasteiger partial charge in [-0.3, -0.25) is 4.98 Å². The molecule has 0 amide bonds. The normalized spacial score (nSPS) is 10.4. The van der Waals surface area contributed by atoms with Crippen molar-refractivity contribution < 1.29 is 4.39 Å². The smallest absolute Gasteiger partial charge is 0.123 e. The van der Waals surface area contributed by atoms with Crippen molar-refractivity contribution in [3.63, 3.8) is 0 Å². The summed E-state index contributed by atoms with van der Waals surface area (Å²) in [6, 6.07) is 12.4. The molecule has 6 heteroatoms. The molecule has 0 aliphatic rings. The summed E-state index contributed by atoms with van der Waals surface area (Å²) < 4.78 is 15.3. The van der Waals surface area contributed by atoms with Crippen LogP contribution in [0.2, 0.25) is 0 Å². The molecule has 0 unspecified atom stereocenters. The van der Waals surface area contributed by atoms with Crippen LogP contribution in [0.3, 0.4) is 0 Å². The van der Waals surface area contributed by atoms with Gasteiger partial charge in [0.25, 0.3) is 0 Å². The molecule has 1 aromatic carbocycles. The fraction of sp³-hybridized carbons (Fsp3) is 0.167. The van der Waals surface area contributed by atoms with E-state index in [1.54, 1.807) is 24.5 Å². The number of pyridine rings is 1. The first-order valence-electron chi connectivity index (χ1n) is 7.66. The van der Waals surface area contributed by atoms with Crippen LogP contribution in [0.5, 0.6) is 0 Å². The minimum atomic E-state index is -0.252. The van der Waals surface area contributed by atoms with E-state index in [-0.39, 0.29) is 5.82 Å². The minimum absolute atomic E-state index is 0.252. The molecule has 0 fully saturated rings. The van der Waals surface area contributed by atoms with Crippen molar-refractivity contribution in [1.29, 1.82) is 0 Å². The molecule has 0 bridgehead atoms. The van der Waals surface area contributed by atoms with E-state index in [9.17, 15) is 4.39 Å². The zero-order valence-electron chi connectivity index (χ0n) is 13.0. The van der Waals surface area contributed by atoms with E-state index in [0.717, 1.165) is 35.3 Å². The number of nitrogens with zero attached hydrogens (tertiary/aromatic N) is 5. The van der Waals surface area contributed by atoms with Gasteiger partial charge < -0.3 is 4.57 Å². The van der Waals surface area contributed by atoms with Crippen molar-refractivity contribution in [3.05, 3.63) is 77.3 Å². The molecule has 0 atom stereocenters. The Bertz CT molecular complexity index is 849. The lowest BCUT2D eigenvalue weighted by atomic mass is 10.0. The largest absolute Gasteiger partial charge is 0.347 e. The summed E-state index contributed by atoms with van der Waals surface area (Å²) in [5, 5.41) is 3.58. The maximum atomic E-state index is 13.2. The third-order valence-electron chi connectivity index (χ3n) is 3.79. The van der Waals surface area contributed by atoms with E-state index in [1.807, 2.05) is 24.4 Å². The van der Waals surface area contributed by atoms with E-state index in [4.69, 9.17) is 5.53 Å². The second kappa shape index (κ2) is 7.44. The van der Waals surface area contributed by atoms with Crippen LogP contribution in [0.25, 0.3) is 32.8 Å². The molecule has 5 nitrogen and oxygen atoms in total. The van der Waals surface area contributed by atoms with E-state index < -0.39 is 0 Å². The van der Waals surface area contributed by atoms with Gasteiger partial charge in [0.2, 0.25) is 0 Å². The molecule has 0 aliphatic carbocycles. The average Bonchev–Trinajstić information content (AvgIpc) is 3.04. The van der Waals surface area contributed by atoms with Crippen LogP contribution in [0.15, 0.2) is 66.2 Å². The van der Waals surface area contributed by atoms with Gasteiger partial charge in [0.05, 0.1) is 5.69 Å². The van der Waals surface area contributed by atoms with Crippen LogP contribution in [0.1, 0.15) is 6.42 Å². The number of azide groups is 1. The van der Waals surface area contributed by atoms with E-state index in [1.165, 1.54) is 12.1 Å². The lowest BCUT2D eigenvalue weighted by molar-refractivity contribution is 0.628. The maximum absolute atomic E-state index is 13.2. The summed E-state index contributed by atoms with van der Waals surface area (Å²) in [6.45, 7) is 1.19. The van der Waals surface area contributed by atoms with Crippen LogP contribution in [0, 0.1) is 5.82 Å². The standard InChI is InChI=1S/C18H16FN5/c19-16-4-2-14(3-5-16)17-8-13-24(12-1-9-22-23-20)18(17)15-6-10-21-11-7-15/h2-8,10-11,13H,1,9,12H2. The number of aromatic nitrogens is 2. The monoisotopic (exact) mass is 321 g/mol. The number of hydrogen-bond acceptors (Lipinski definition) is 2. The summed E-state index contributed by atoms with van der Waals surface area (Å²) in [5.74, 6) is -0.252. The van der Waals surface area contributed by atoms with E-state index in [2.05, 4.69) is 19.6 Å². The molecule has 3 aromatic rings. The minimum Gasteiger partial charge on any atom is -0.347 e. The van der Waals surface area contributed by atoms with Crippen molar-refractivity contribution in [3.8, 4) is 22.4 Å². The lowest BCUT2D eigenvalue weighted by Crippen LogP contribution is -2.01. The number of rotatable bonds is 6. The average molecular weight is 321 g/mol. The number of halogens is 1. The molecule has 2 aromatic heterocycles. The van der Waals surface area contributed by atoms with E-state index in [0.29, 0.717) is 6.54 Å². The van der Waals surface area contributed by atoms with Gasteiger partial charge in [0, 0.05) is 47.7 Å². The van der Waals surface area contributed by atoms with Gasteiger partial charge in [-0.1, -0.05) is 17.2 Å². The fourth-order valence-electron chi connectivity index (χ4n) is 2.71. The Morgan fingerprint density at radius 2 is 1.79 bits per heavy atom. The first-order chi connectivity index (χ1) is 11.8. The highest BCUT2D eigenvalue weighted by molar-refractivity contribution is 5.81. The summed E-state index contributed by atoms with van der Waals surface area (Å²) >= 11 is 0. The van der Waals surface area contributed by atoms with Crippen LogP contribution in [0.4, 0.5) is 4.39 Å². The van der Waals surface area contributed by atoms with Gasteiger partial charge in [0.15, 0.2) is 0 Å². The second-order valence-corrected chi connectivity index (χ2v) is 5.32. The topological polar surface area (TPSA) is 66.6 Å². The summed E-state index contributed by atoms with van der Waals surface area (Å²) in [6.07, 6.45) is 6.26. The molecule has 24 heavy (non-hydrogen) atoms. The third-order valence-corrected chi connectivity index (χ3v) is 3.79. The molecule has 0 N–H and O–H groups in total. The van der Waals surface area contributed by atoms with Gasteiger partial charge in [0.1, 0.15) is 5.82 Å². The Kier molecular flexibility index (Phi) is 4.89. The first-order valence-corrected chi connectivity index (χ1v) is 7.66. The van der Waals surface area contributed by atoms with Crippen molar-refractivity contribution in [2.45, 2.75) is 13.0 Å². The van der Waals surface area contributed by atoms with Crippen LogP contribution >= 0.6 is 0 Å². The highest BCUT2D eigenvalue weighted by atomic mass is 19.1. The number of aryl methyl sites for hydroxylation is 1. The predicted octanol–water partition coefficient (Wildman–Crippen LogP) is 5.06. The fourth-order valence-corrected chi connectivity index (χ4v) is 2.71. The van der Waals surface area contributed by atoms with Crippen LogP contribution in [-0.2, 0) is 6.54 Å². The number of benzene rings is 1. The Balaban J connectivity index is 2.01. The van der Waals surface area contributed by atoms with Gasteiger partial charge in [-0.05, 0) is 47.8 Å². The highest BCUT2D eigenvalue weighted by Gasteiger charge is 2.13. The van der Waals surface area contributed by atoms with Crippen LogP contribution < -0.4 is 0 Å². The van der Waals surface area contributed by atoms with Gasteiger partial charge in [-0.2, -0.15) is 0 Å². The number of hydrogen-bond donors (Lipinski definition) is 0. The summed E-state index contributed by atoms with van der Waals surface area (Å²) in [4.78, 5) is 6.85. The summed E-state index contributed by atoms with van der Waals surface area (Å²) in [5.41, 5.74) is 12.5. The molecule has 0 saturated carbocycles. The first kappa shape index (κ1) is 15.8. The van der Waals surface area contributed by atoms with Crippen molar-refractivity contribution in [2.75, 3.05) is 6.54 Å². The lowest BCUT2D eigenvalue weighted by Gasteiger charge is -2.12. The molecular weight excluding hydrogens is 305 g/mol. The Hall–Kier alpha value is -3.11. The van der Waals surface area contributed by atoms with Crippen molar-refractivity contribution >= 4 is 0 Å². The van der Waals surface area contributed by atoms with Gasteiger partial charge in [-0.25, -0.2) is 4.39 Å². The summed E-state index contributed by atoms with van der Waals surface area (Å²) in [7, 11) is 0. The zero-order chi connectivity index (χ0) is 16.8. The molecular formula is C18H16FN5. The van der Waals surface area contributed by atoms with Gasteiger partial charge in [-0.15, -0.1) is 0 Å².